The molecule has 19 heavy (non-hydrogen) atoms. The van der Waals surface area contributed by atoms with Gasteiger partial charge in [0.25, 0.3) is 5.91 Å². The molecule has 0 fully saturated rings. The first-order chi connectivity index (χ1) is 9.06. The minimum absolute atomic E-state index is 0.0544. The number of amides is 1. The highest BCUT2D eigenvalue weighted by Crippen LogP contribution is 2.17. The lowest BCUT2D eigenvalue weighted by molar-refractivity contribution is -0.136. The number of carbonyl (C=O) groups excluding carboxylic acids is 1. The lowest BCUT2D eigenvalue weighted by Crippen LogP contribution is -2.12. The van der Waals surface area contributed by atoms with Crippen LogP contribution in [0.15, 0.2) is 35.0 Å². The van der Waals surface area contributed by atoms with Crippen LogP contribution in [0.1, 0.15) is 21.5 Å². The van der Waals surface area contributed by atoms with Gasteiger partial charge in [0.1, 0.15) is 0 Å². The third kappa shape index (κ3) is 3.42. The second-order valence-corrected chi connectivity index (χ2v) is 4.94. The van der Waals surface area contributed by atoms with E-state index in [1.54, 1.807) is 29.6 Å². The van der Waals surface area contributed by atoms with Gasteiger partial charge in [-0.3, -0.25) is 9.59 Å². The summed E-state index contributed by atoms with van der Waals surface area (Å²) in [4.78, 5) is 22.7. The first-order valence-electron chi connectivity index (χ1n) is 5.71. The van der Waals surface area contributed by atoms with E-state index < -0.39 is 5.97 Å². The molecule has 0 radical (unpaired) electrons. The van der Waals surface area contributed by atoms with Crippen molar-refractivity contribution in [3.63, 3.8) is 0 Å². The topological polar surface area (TPSA) is 66.4 Å². The summed E-state index contributed by atoms with van der Waals surface area (Å²) in [5, 5.41) is 15.2. The fraction of sp³-hybridized carbons (Fsp3) is 0.143. The molecule has 0 atom stereocenters. The van der Waals surface area contributed by atoms with E-state index in [1.807, 2.05) is 12.3 Å². The van der Waals surface area contributed by atoms with E-state index in [1.165, 1.54) is 11.3 Å². The SMILES string of the molecule is Cc1cscc1C(=O)Nc1cccc(CC(=O)O)c1. The minimum atomic E-state index is -0.892. The monoisotopic (exact) mass is 275 g/mol. The summed E-state index contributed by atoms with van der Waals surface area (Å²) in [7, 11) is 0. The van der Waals surface area contributed by atoms with Gasteiger partial charge in [-0.15, -0.1) is 0 Å². The molecule has 2 rings (SSSR count). The Labute approximate surface area is 114 Å². The number of carboxylic acid groups (broad SMARTS) is 1. The minimum Gasteiger partial charge on any atom is -0.481 e. The molecule has 0 unspecified atom stereocenters. The highest BCUT2D eigenvalue weighted by Gasteiger charge is 2.10. The van der Waals surface area contributed by atoms with Crippen LogP contribution in [-0.4, -0.2) is 17.0 Å². The molecule has 4 nitrogen and oxygen atoms in total. The largest absolute Gasteiger partial charge is 0.481 e. The van der Waals surface area contributed by atoms with E-state index in [0.717, 1.165) is 5.56 Å². The Morgan fingerprint density at radius 2 is 2.11 bits per heavy atom. The highest BCUT2D eigenvalue weighted by atomic mass is 32.1. The number of carboxylic acids is 1. The summed E-state index contributed by atoms with van der Waals surface area (Å²) in [6.45, 7) is 1.88. The Balaban J connectivity index is 2.13. The third-order valence-electron chi connectivity index (χ3n) is 2.64. The van der Waals surface area contributed by atoms with Crippen molar-refractivity contribution in [3.8, 4) is 0 Å². The molecule has 1 heterocycles. The Kier molecular flexibility index (Phi) is 3.97. The lowest BCUT2D eigenvalue weighted by Gasteiger charge is -2.06. The fourth-order valence-corrected chi connectivity index (χ4v) is 2.55. The molecular weight excluding hydrogens is 262 g/mol. The van der Waals surface area contributed by atoms with Crippen molar-refractivity contribution in [2.24, 2.45) is 0 Å². The Hall–Kier alpha value is -2.14. The van der Waals surface area contributed by atoms with Gasteiger partial charge in [0.05, 0.1) is 12.0 Å². The van der Waals surface area contributed by atoms with Gasteiger partial charge in [-0.25, -0.2) is 0 Å². The van der Waals surface area contributed by atoms with Crippen molar-refractivity contribution in [2.75, 3.05) is 5.32 Å². The van der Waals surface area contributed by atoms with Crippen molar-refractivity contribution >= 4 is 28.9 Å². The van der Waals surface area contributed by atoms with Crippen LogP contribution in [0.5, 0.6) is 0 Å². The van der Waals surface area contributed by atoms with E-state index in [4.69, 9.17) is 5.11 Å². The van der Waals surface area contributed by atoms with Crippen LogP contribution in [0, 0.1) is 6.92 Å². The summed E-state index contributed by atoms with van der Waals surface area (Å²) in [6, 6.07) is 6.87. The van der Waals surface area contributed by atoms with Gasteiger partial charge in [-0.05, 0) is 35.6 Å². The normalized spacial score (nSPS) is 10.2. The molecule has 2 aromatic rings. The maximum Gasteiger partial charge on any atom is 0.307 e. The van der Waals surface area contributed by atoms with E-state index in [2.05, 4.69) is 5.32 Å². The second-order valence-electron chi connectivity index (χ2n) is 4.19. The summed E-state index contributed by atoms with van der Waals surface area (Å²) >= 11 is 1.48. The summed E-state index contributed by atoms with van der Waals surface area (Å²) in [5.41, 5.74) is 2.85. The summed E-state index contributed by atoms with van der Waals surface area (Å²) in [6.07, 6.45) is -0.0544. The van der Waals surface area contributed by atoms with Gasteiger partial charge >= 0.3 is 5.97 Å². The highest BCUT2D eigenvalue weighted by molar-refractivity contribution is 7.08. The van der Waals surface area contributed by atoms with Crippen molar-refractivity contribution in [2.45, 2.75) is 13.3 Å². The van der Waals surface area contributed by atoms with Crippen LogP contribution in [0.3, 0.4) is 0 Å². The van der Waals surface area contributed by atoms with Gasteiger partial charge in [0.15, 0.2) is 0 Å². The molecule has 1 aromatic heterocycles. The van der Waals surface area contributed by atoms with Gasteiger partial charge in [0.2, 0.25) is 0 Å². The maximum absolute atomic E-state index is 12.0. The zero-order chi connectivity index (χ0) is 13.8. The van der Waals surface area contributed by atoms with Crippen molar-refractivity contribution < 1.29 is 14.7 Å². The van der Waals surface area contributed by atoms with Crippen LogP contribution in [0.4, 0.5) is 5.69 Å². The molecule has 0 saturated heterocycles. The van der Waals surface area contributed by atoms with E-state index in [0.29, 0.717) is 16.8 Å². The molecular formula is C14H13NO3S. The predicted octanol–water partition coefficient (Wildman–Crippen LogP) is 2.94. The number of nitrogens with one attached hydrogen (secondary N) is 1. The number of aryl methyl sites for hydroxylation is 1. The summed E-state index contributed by atoms with van der Waals surface area (Å²) in [5.74, 6) is -1.07. The number of thiophene rings is 1. The zero-order valence-corrected chi connectivity index (χ0v) is 11.2. The summed E-state index contributed by atoms with van der Waals surface area (Å²) < 4.78 is 0. The number of carbonyl (C=O) groups is 2. The molecule has 0 aliphatic carbocycles. The number of anilines is 1. The first-order valence-corrected chi connectivity index (χ1v) is 6.65. The molecule has 5 heteroatoms. The van der Waals surface area contributed by atoms with Crippen molar-refractivity contribution in [1.82, 2.24) is 0 Å². The van der Waals surface area contributed by atoms with Crippen LogP contribution in [-0.2, 0) is 11.2 Å². The van der Waals surface area contributed by atoms with E-state index in [-0.39, 0.29) is 12.3 Å². The quantitative estimate of drug-likeness (QED) is 0.901. The number of rotatable bonds is 4. The molecule has 0 aliphatic rings. The number of hydrogen-bond acceptors (Lipinski definition) is 3. The molecule has 0 saturated carbocycles. The van der Waals surface area contributed by atoms with E-state index in [9.17, 15) is 9.59 Å². The molecule has 0 aliphatic heterocycles. The van der Waals surface area contributed by atoms with Crippen LogP contribution in [0.25, 0.3) is 0 Å². The van der Waals surface area contributed by atoms with Gasteiger partial charge < -0.3 is 10.4 Å². The fourth-order valence-electron chi connectivity index (χ4n) is 1.73. The Bertz CT molecular complexity index is 619. The predicted molar refractivity (Wildman–Crippen MR) is 74.8 cm³/mol. The average molecular weight is 275 g/mol. The lowest BCUT2D eigenvalue weighted by atomic mass is 10.1. The Morgan fingerprint density at radius 3 is 2.74 bits per heavy atom. The maximum atomic E-state index is 12.0. The van der Waals surface area contributed by atoms with Gasteiger partial charge in [0, 0.05) is 11.1 Å². The first kappa shape index (κ1) is 13.3. The number of benzene rings is 1. The molecule has 98 valence electrons. The molecule has 1 amide bonds. The number of hydrogen-bond donors (Lipinski definition) is 2. The molecule has 0 spiro atoms. The van der Waals surface area contributed by atoms with Crippen molar-refractivity contribution in [3.05, 3.63) is 51.7 Å². The third-order valence-corrected chi connectivity index (χ3v) is 3.50. The second kappa shape index (κ2) is 5.67. The van der Waals surface area contributed by atoms with Crippen LogP contribution in [0.2, 0.25) is 0 Å². The Morgan fingerprint density at radius 1 is 1.32 bits per heavy atom. The van der Waals surface area contributed by atoms with Crippen LogP contribution < -0.4 is 5.32 Å². The zero-order valence-electron chi connectivity index (χ0n) is 10.3. The van der Waals surface area contributed by atoms with Gasteiger partial charge in [-0.1, -0.05) is 12.1 Å². The van der Waals surface area contributed by atoms with Crippen LogP contribution >= 0.6 is 11.3 Å². The smallest absolute Gasteiger partial charge is 0.307 e. The number of aliphatic carboxylic acids is 1. The molecule has 1 aromatic carbocycles. The van der Waals surface area contributed by atoms with Gasteiger partial charge in [-0.2, -0.15) is 11.3 Å². The average Bonchev–Trinajstić information content (AvgIpc) is 2.75. The van der Waals surface area contributed by atoms with Crippen molar-refractivity contribution in [1.29, 1.82) is 0 Å². The molecule has 0 bridgehead atoms. The molecule has 2 N–H and O–H groups in total. The standard InChI is InChI=1S/C14H13NO3S/c1-9-7-19-8-12(9)14(18)15-11-4-2-3-10(5-11)6-13(16)17/h2-5,7-8H,6H2,1H3,(H,15,18)(H,16,17). The van der Waals surface area contributed by atoms with E-state index >= 15 is 0 Å².